The first-order chi connectivity index (χ1) is 9.79. The van der Waals surface area contributed by atoms with Crippen LogP contribution in [0.25, 0.3) is 6.08 Å². The number of hydrogen-bond donors (Lipinski definition) is 2. The third kappa shape index (κ3) is 3.35. The van der Waals surface area contributed by atoms with Crippen molar-refractivity contribution in [2.75, 3.05) is 6.61 Å². The van der Waals surface area contributed by atoms with Gasteiger partial charge in [-0.3, -0.25) is 4.98 Å². The zero-order valence-electron chi connectivity index (χ0n) is 13.0. The van der Waals surface area contributed by atoms with Crippen LogP contribution < -0.4 is 0 Å². The fraction of sp³-hybridized carbons (Fsp3) is 0.533. The summed E-state index contributed by atoms with van der Waals surface area (Å²) in [7, 11) is -0.572. The van der Waals surface area contributed by atoms with Gasteiger partial charge in [-0.05, 0) is 44.8 Å². The van der Waals surface area contributed by atoms with Crippen LogP contribution in [0.2, 0.25) is 0 Å². The molecule has 1 aromatic heterocycles. The van der Waals surface area contributed by atoms with E-state index in [0.717, 1.165) is 5.56 Å². The van der Waals surface area contributed by atoms with E-state index in [1.54, 1.807) is 18.3 Å². The summed E-state index contributed by atoms with van der Waals surface area (Å²) in [5, 5.41) is 18.6. The van der Waals surface area contributed by atoms with Crippen LogP contribution in [0.4, 0.5) is 0 Å². The molecule has 2 rings (SSSR count). The standard InChI is InChI=1S/C15H22BNO4/c1-14(2)15(3,4)21-16(20-14)12(9-18)7-11-5-6-13(10-19)17-8-11/h5-8,18-19H,9-10H2,1-4H3. The van der Waals surface area contributed by atoms with E-state index in [9.17, 15) is 5.11 Å². The maximum atomic E-state index is 9.60. The van der Waals surface area contributed by atoms with Crippen molar-refractivity contribution in [3.63, 3.8) is 0 Å². The average molecular weight is 291 g/mol. The average Bonchev–Trinajstić information content (AvgIpc) is 2.65. The fourth-order valence-electron chi connectivity index (χ4n) is 2.01. The molecule has 2 N–H and O–H groups in total. The summed E-state index contributed by atoms with van der Waals surface area (Å²) in [4.78, 5) is 4.11. The van der Waals surface area contributed by atoms with E-state index in [2.05, 4.69) is 4.98 Å². The molecule has 1 aliphatic heterocycles. The third-order valence-corrected chi connectivity index (χ3v) is 4.10. The molecular formula is C15H22BNO4. The summed E-state index contributed by atoms with van der Waals surface area (Å²) >= 11 is 0. The van der Waals surface area contributed by atoms with Gasteiger partial charge in [0.15, 0.2) is 0 Å². The number of aromatic nitrogens is 1. The van der Waals surface area contributed by atoms with Gasteiger partial charge in [0, 0.05) is 6.20 Å². The Morgan fingerprint density at radius 3 is 2.24 bits per heavy atom. The molecule has 1 fully saturated rings. The van der Waals surface area contributed by atoms with Crippen molar-refractivity contribution < 1.29 is 19.5 Å². The van der Waals surface area contributed by atoms with Crippen molar-refractivity contribution >= 4 is 13.2 Å². The summed E-state index contributed by atoms with van der Waals surface area (Å²) < 4.78 is 11.8. The molecule has 0 radical (unpaired) electrons. The zero-order valence-corrected chi connectivity index (χ0v) is 13.0. The molecule has 0 saturated carbocycles. The number of aliphatic hydroxyl groups excluding tert-OH is 2. The second-order valence-electron chi connectivity index (χ2n) is 6.21. The minimum Gasteiger partial charge on any atom is -0.400 e. The Hall–Kier alpha value is -1.21. The summed E-state index contributed by atoms with van der Waals surface area (Å²) in [5.74, 6) is 0. The third-order valence-electron chi connectivity index (χ3n) is 4.10. The first-order valence-corrected chi connectivity index (χ1v) is 7.02. The first kappa shape index (κ1) is 16.2. The van der Waals surface area contributed by atoms with E-state index in [1.165, 1.54) is 0 Å². The summed E-state index contributed by atoms with van der Waals surface area (Å²) in [6, 6.07) is 3.57. The van der Waals surface area contributed by atoms with Gasteiger partial charge in [-0.2, -0.15) is 0 Å². The van der Waals surface area contributed by atoms with Crippen LogP contribution in [0.1, 0.15) is 39.0 Å². The SMILES string of the molecule is CC1(C)OB(C(=Cc2ccc(CO)nc2)CO)OC1(C)C. The number of nitrogens with zero attached hydrogens (tertiary/aromatic N) is 1. The van der Waals surface area contributed by atoms with E-state index in [0.29, 0.717) is 11.2 Å². The predicted octanol–water partition coefficient (Wildman–Crippen LogP) is 1.58. The lowest BCUT2D eigenvalue weighted by Gasteiger charge is -2.32. The minimum absolute atomic E-state index is 0.0892. The molecule has 0 aromatic carbocycles. The Morgan fingerprint density at radius 1 is 1.19 bits per heavy atom. The quantitative estimate of drug-likeness (QED) is 0.824. The molecule has 21 heavy (non-hydrogen) atoms. The Kier molecular flexibility index (Phi) is 4.53. The number of hydrogen-bond acceptors (Lipinski definition) is 5. The highest BCUT2D eigenvalue weighted by atomic mass is 16.7. The molecule has 1 aromatic rings. The van der Waals surface area contributed by atoms with Crippen LogP contribution in [-0.4, -0.2) is 40.1 Å². The first-order valence-electron chi connectivity index (χ1n) is 7.02. The van der Waals surface area contributed by atoms with Gasteiger partial charge in [-0.1, -0.05) is 12.1 Å². The van der Waals surface area contributed by atoms with E-state index in [4.69, 9.17) is 14.4 Å². The summed E-state index contributed by atoms with van der Waals surface area (Å²) in [6.07, 6.45) is 3.45. The Bertz CT molecular complexity index is 509. The zero-order chi connectivity index (χ0) is 15.7. The van der Waals surface area contributed by atoms with Crippen molar-refractivity contribution in [3.05, 3.63) is 35.1 Å². The van der Waals surface area contributed by atoms with Gasteiger partial charge in [0.1, 0.15) is 0 Å². The molecule has 0 aliphatic carbocycles. The van der Waals surface area contributed by atoms with Crippen molar-refractivity contribution in [2.45, 2.75) is 45.5 Å². The van der Waals surface area contributed by atoms with Crippen molar-refractivity contribution in [1.82, 2.24) is 4.98 Å². The largest absolute Gasteiger partial charge is 0.492 e. The number of rotatable bonds is 4. The van der Waals surface area contributed by atoms with Crippen LogP contribution in [0, 0.1) is 0 Å². The van der Waals surface area contributed by atoms with Gasteiger partial charge >= 0.3 is 7.12 Å². The van der Waals surface area contributed by atoms with Gasteiger partial charge in [0.2, 0.25) is 0 Å². The van der Waals surface area contributed by atoms with E-state index in [-0.39, 0.29) is 13.2 Å². The molecule has 0 bridgehead atoms. The molecule has 6 heteroatoms. The van der Waals surface area contributed by atoms with Crippen LogP contribution in [0.15, 0.2) is 23.8 Å². The monoisotopic (exact) mass is 291 g/mol. The number of aliphatic hydroxyl groups is 2. The van der Waals surface area contributed by atoms with Gasteiger partial charge < -0.3 is 19.5 Å². The van der Waals surface area contributed by atoms with Gasteiger partial charge in [0.05, 0.1) is 30.1 Å². The molecule has 0 atom stereocenters. The lowest BCUT2D eigenvalue weighted by molar-refractivity contribution is 0.00578. The molecular weight excluding hydrogens is 269 g/mol. The molecule has 0 spiro atoms. The van der Waals surface area contributed by atoms with Crippen molar-refractivity contribution in [1.29, 1.82) is 0 Å². The molecule has 1 aliphatic rings. The molecule has 2 heterocycles. The van der Waals surface area contributed by atoms with Gasteiger partial charge in [-0.25, -0.2) is 0 Å². The number of pyridine rings is 1. The van der Waals surface area contributed by atoms with Gasteiger partial charge in [-0.15, -0.1) is 0 Å². The topological polar surface area (TPSA) is 71.8 Å². The van der Waals surface area contributed by atoms with Crippen molar-refractivity contribution in [2.24, 2.45) is 0 Å². The predicted molar refractivity (Wildman–Crippen MR) is 81.3 cm³/mol. The van der Waals surface area contributed by atoms with Gasteiger partial charge in [0.25, 0.3) is 0 Å². The molecule has 0 amide bonds. The highest BCUT2D eigenvalue weighted by Crippen LogP contribution is 2.38. The lowest BCUT2D eigenvalue weighted by atomic mass is 9.77. The maximum Gasteiger partial charge on any atom is 0.492 e. The summed E-state index contributed by atoms with van der Waals surface area (Å²) in [5.41, 5.74) is 1.20. The maximum absolute atomic E-state index is 9.60. The Morgan fingerprint density at radius 2 is 1.81 bits per heavy atom. The van der Waals surface area contributed by atoms with E-state index in [1.807, 2.05) is 33.8 Å². The normalized spacial score (nSPS) is 20.9. The Labute approximate surface area is 125 Å². The smallest absolute Gasteiger partial charge is 0.400 e. The summed E-state index contributed by atoms with van der Waals surface area (Å²) in [6.45, 7) is 7.64. The molecule has 1 saturated heterocycles. The van der Waals surface area contributed by atoms with E-state index >= 15 is 0 Å². The van der Waals surface area contributed by atoms with Crippen LogP contribution in [0.5, 0.6) is 0 Å². The van der Waals surface area contributed by atoms with E-state index < -0.39 is 18.3 Å². The van der Waals surface area contributed by atoms with Crippen LogP contribution >= 0.6 is 0 Å². The molecule has 0 unspecified atom stereocenters. The second-order valence-corrected chi connectivity index (χ2v) is 6.21. The highest BCUT2D eigenvalue weighted by Gasteiger charge is 2.52. The second kappa shape index (κ2) is 5.89. The minimum atomic E-state index is -0.572. The van der Waals surface area contributed by atoms with Crippen LogP contribution in [-0.2, 0) is 15.9 Å². The van der Waals surface area contributed by atoms with Crippen molar-refractivity contribution in [3.8, 4) is 0 Å². The molecule has 114 valence electrons. The highest BCUT2D eigenvalue weighted by molar-refractivity contribution is 6.55. The Balaban J connectivity index is 2.22. The lowest BCUT2D eigenvalue weighted by Crippen LogP contribution is -2.41. The fourth-order valence-corrected chi connectivity index (χ4v) is 2.01. The molecule has 5 nitrogen and oxygen atoms in total. The van der Waals surface area contributed by atoms with Crippen LogP contribution in [0.3, 0.4) is 0 Å².